The molecular weight excluding hydrogens is 363 g/mol. The molecular formula is C25H35FN2O. The van der Waals surface area contributed by atoms with Crippen LogP contribution in [-0.4, -0.2) is 24.7 Å². The van der Waals surface area contributed by atoms with Crippen LogP contribution < -0.4 is 11.1 Å². The number of rotatable bonds is 4. The standard InChI is InChI=1S/C25H35FN2O/c26-16-25-14-17-12-21(23(29)28-20-8-6-19(27)7-9-20)22(25)10-11-24(13-17,15-25)18-4-2-1-3-5-18/h1-5,17,19-22H,6-16,27H2,(H,28,29)/t17?,19?,20?,21?,22?,24-,25-/m1/s1. The lowest BCUT2D eigenvalue weighted by molar-refractivity contribution is -0.149. The molecule has 3 N–H and O–H groups in total. The SMILES string of the molecule is NC1CCC(NC(=O)C2CC3C[C@]4(c5ccccc5)CCC2[C@](CF)(C3)C4)CC1. The van der Waals surface area contributed by atoms with Gasteiger partial charge in [0.15, 0.2) is 0 Å². The average molecular weight is 399 g/mol. The van der Waals surface area contributed by atoms with E-state index in [1.165, 1.54) is 5.56 Å². The van der Waals surface area contributed by atoms with Crippen molar-refractivity contribution in [3.8, 4) is 0 Å². The van der Waals surface area contributed by atoms with Crippen molar-refractivity contribution in [1.82, 2.24) is 5.32 Å². The normalized spacial score (nSPS) is 43.7. The molecule has 0 aliphatic heterocycles. The summed E-state index contributed by atoms with van der Waals surface area (Å²) in [6.45, 7) is -0.273. The Kier molecular flexibility index (Phi) is 4.97. The van der Waals surface area contributed by atoms with Crippen LogP contribution in [0, 0.1) is 23.2 Å². The van der Waals surface area contributed by atoms with Crippen molar-refractivity contribution in [2.75, 3.05) is 6.67 Å². The minimum absolute atomic E-state index is 0.00540. The predicted octanol–water partition coefficient (Wildman–Crippen LogP) is 4.50. The van der Waals surface area contributed by atoms with E-state index in [4.69, 9.17) is 5.73 Å². The van der Waals surface area contributed by atoms with Crippen molar-refractivity contribution < 1.29 is 9.18 Å². The Hall–Kier alpha value is -1.42. The van der Waals surface area contributed by atoms with Crippen LogP contribution in [0.2, 0.25) is 0 Å². The second-order valence-electron chi connectivity index (χ2n) is 10.7. The van der Waals surface area contributed by atoms with Crippen molar-refractivity contribution in [2.45, 2.75) is 81.7 Å². The monoisotopic (exact) mass is 398 g/mol. The Morgan fingerprint density at radius 2 is 1.86 bits per heavy atom. The minimum atomic E-state index is -0.299. The molecule has 4 aliphatic carbocycles. The highest BCUT2D eigenvalue weighted by Gasteiger charge is 2.61. The first-order valence-corrected chi connectivity index (χ1v) is 11.7. The van der Waals surface area contributed by atoms with Crippen LogP contribution >= 0.6 is 0 Å². The number of carbonyl (C=O) groups excluding carboxylic acids is 1. The molecule has 5 atom stereocenters. The maximum Gasteiger partial charge on any atom is 0.223 e. The van der Waals surface area contributed by atoms with E-state index in [-0.39, 0.29) is 47.3 Å². The Bertz CT molecular complexity index is 746. The number of halogens is 1. The van der Waals surface area contributed by atoms with Crippen LogP contribution in [-0.2, 0) is 10.2 Å². The zero-order valence-corrected chi connectivity index (χ0v) is 17.4. The summed E-state index contributed by atoms with van der Waals surface area (Å²) in [5.74, 6) is 0.861. The molecule has 0 spiro atoms. The molecule has 3 bridgehead atoms. The summed E-state index contributed by atoms with van der Waals surface area (Å²) in [6, 6.07) is 11.3. The number of amides is 1. The first kappa shape index (κ1) is 19.5. The number of alkyl halides is 1. The number of nitrogens with two attached hydrogens (primary N) is 1. The molecule has 1 aromatic rings. The molecule has 0 saturated heterocycles. The molecule has 158 valence electrons. The van der Waals surface area contributed by atoms with Crippen molar-refractivity contribution >= 4 is 5.91 Å². The summed E-state index contributed by atoms with van der Waals surface area (Å²) < 4.78 is 14.7. The van der Waals surface area contributed by atoms with Crippen LogP contribution in [0.25, 0.3) is 0 Å². The lowest BCUT2D eigenvalue weighted by atomic mass is 9.42. The van der Waals surface area contributed by atoms with Crippen LogP contribution in [0.4, 0.5) is 4.39 Å². The topological polar surface area (TPSA) is 55.1 Å². The third kappa shape index (κ3) is 3.32. The third-order valence-corrected chi connectivity index (χ3v) is 8.97. The van der Waals surface area contributed by atoms with E-state index in [0.717, 1.165) is 64.2 Å². The summed E-state index contributed by atoms with van der Waals surface area (Å²) in [6.07, 6.45) is 10.0. The van der Waals surface area contributed by atoms with E-state index < -0.39 is 0 Å². The Morgan fingerprint density at radius 1 is 1.10 bits per heavy atom. The van der Waals surface area contributed by atoms with Gasteiger partial charge >= 0.3 is 0 Å². The maximum atomic E-state index is 14.7. The molecule has 1 amide bonds. The largest absolute Gasteiger partial charge is 0.353 e. The Labute approximate surface area is 174 Å². The highest BCUT2D eigenvalue weighted by atomic mass is 19.1. The van der Waals surface area contributed by atoms with Crippen LogP contribution in [0.5, 0.6) is 0 Å². The van der Waals surface area contributed by atoms with Gasteiger partial charge in [-0.1, -0.05) is 30.3 Å². The zero-order chi connectivity index (χ0) is 20.1. The molecule has 0 radical (unpaired) electrons. The molecule has 0 heterocycles. The second-order valence-corrected chi connectivity index (χ2v) is 10.7. The Morgan fingerprint density at radius 3 is 2.59 bits per heavy atom. The van der Waals surface area contributed by atoms with Gasteiger partial charge in [0.1, 0.15) is 0 Å². The summed E-state index contributed by atoms with van der Waals surface area (Å²) >= 11 is 0. The molecule has 5 rings (SSSR count). The summed E-state index contributed by atoms with van der Waals surface area (Å²) in [4.78, 5) is 13.3. The van der Waals surface area contributed by atoms with Crippen LogP contribution in [0.3, 0.4) is 0 Å². The molecule has 1 aromatic carbocycles. The lowest BCUT2D eigenvalue weighted by Crippen LogP contribution is -2.60. The van der Waals surface area contributed by atoms with Crippen molar-refractivity contribution in [1.29, 1.82) is 0 Å². The van der Waals surface area contributed by atoms with Gasteiger partial charge in [-0.15, -0.1) is 0 Å². The molecule has 3 unspecified atom stereocenters. The summed E-state index contributed by atoms with van der Waals surface area (Å²) in [5, 5.41) is 3.35. The molecule has 4 aliphatic rings. The lowest BCUT2D eigenvalue weighted by Gasteiger charge is -2.62. The van der Waals surface area contributed by atoms with Crippen molar-refractivity contribution in [2.24, 2.45) is 28.9 Å². The van der Waals surface area contributed by atoms with Crippen LogP contribution in [0.1, 0.15) is 69.8 Å². The van der Waals surface area contributed by atoms with Crippen LogP contribution in [0.15, 0.2) is 30.3 Å². The number of carbonyl (C=O) groups is 1. The van der Waals surface area contributed by atoms with Crippen molar-refractivity contribution in [3.05, 3.63) is 35.9 Å². The third-order valence-electron chi connectivity index (χ3n) is 8.97. The van der Waals surface area contributed by atoms with Gasteiger partial charge in [-0.2, -0.15) is 0 Å². The summed E-state index contributed by atoms with van der Waals surface area (Å²) in [7, 11) is 0. The first-order chi connectivity index (χ1) is 14.0. The van der Waals surface area contributed by atoms with E-state index in [9.17, 15) is 9.18 Å². The molecule has 0 aromatic heterocycles. The highest BCUT2D eigenvalue weighted by molar-refractivity contribution is 5.79. The fourth-order valence-corrected chi connectivity index (χ4v) is 7.77. The van der Waals surface area contributed by atoms with E-state index in [2.05, 4.69) is 35.6 Å². The molecule has 3 nitrogen and oxygen atoms in total. The molecule has 4 fully saturated rings. The number of fused-ring (bicyclic) bond motifs is 2. The smallest absolute Gasteiger partial charge is 0.223 e. The average Bonchev–Trinajstić information content (AvgIpc) is 2.74. The Balaban J connectivity index is 1.37. The van der Waals surface area contributed by atoms with E-state index in [1.807, 2.05) is 0 Å². The first-order valence-electron chi connectivity index (χ1n) is 11.7. The second kappa shape index (κ2) is 7.37. The number of benzene rings is 1. The number of nitrogens with one attached hydrogen (secondary N) is 1. The molecule has 4 saturated carbocycles. The molecule has 4 heteroatoms. The van der Waals surface area contributed by atoms with Gasteiger partial charge < -0.3 is 11.1 Å². The fourth-order valence-electron chi connectivity index (χ4n) is 7.77. The van der Waals surface area contributed by atoms with Gasteiger partial charge in [0.05, 0.1) is 6.67 Å². The van der Waals surface area contributed by atoms with Gasteiger partial charge in [-0.05, 0) is 87.0 Å². The van der Waals surface area contributed by atoms with E-state index in [0.29, 0.717) is 5.92 Å². The van der Waals surface area contributed by atoms with Gasteiger partial charge in [0.25, 0.3) is 0 Å². The van der Waals surface area contributed by atoms with Crippen molar-refractivity contribution in [3.63, 3.8) is 0 Å². The highest BCUT2D eigenvalue weighted by Crippen LogP contribution is 2.66. The van der Waals surface area contributed by atoms with Gasteiger partial charge in [-0.3, -0.25) is 9.18 Å². The molecule has 29 heavy (non-hydrogen) atoms. The number of hydrogen-bond acceptors (Lipinski definition) is 2. The fraction of sp³-hybridized carbons (Fsp3) is 0.720. The zero-order valence-electron chi connectivity index (χ0n) is 17.4. The number of hydrogen-bond donors (Lipinski definition) is 2. The van der Waals surface area contributed by atoms with E-state index >= 15 is 0 Å². The van der Waals surface area contributed by atoms with Gasteiger partial charge in [0, 0.05) is 23.4 Å². The minimum Gasteiger partial charge on any atom is -0.353 e. The predicted molar refractivity (Wildman–Crippen MR) is 113 cm³/mol. The van der Waals surface area contributed by atoms with Gasteiger partial charge in [-0.25, -0.2) is 0 Å². The van der Waals surface area contributed by atoms with E-state index in [1.54, 1.807) is 0 Å². The maximum absolute atomic E-state index is 14.7. The summed E-state index contributed by atoms with van der Waals surface area (Å²) in [5.41, 5.74) is 7.23. The quantitative estimate of drug-likeness (QED) is 0.785. The van der Waals surface area contributed by atoms with Gasteiger partial charge in [0.2, 0.25) is 5.91 Å².